The van der Waals surface area contributed by atoms with E-state index >= 15 is 0 Å². The van der Waals surface area contributed by atoms with E-state index in [9.17, 15) is 39.6 Å². The van der Waals surface area contributed by atoms with E-state index in [1.165, 1.54) is 31.3 Å². The number of rotatable bonds is 7. The second-order valence-corrected chi connectivity index (χ2v) is 11.1. The average molecular weight is 599 g/mol. The Balaban J connectivity index is 2.23. The zero-order valence-corrected chi connectivity index (χ0v) is 23.0. The summed E-state index contributed by atoms with van der Waals surface area (Å²) in [5, 5.41) is 0. The third kappa shape index (κ3) is 6.57. The van der Waals surface area contributed by atoms with E-state index in [1.54, 1.807) is 13.8 Å². The second kappa shape index (κ2) is 11.4. The number of nitrogens with zero attached hydrogens (tertiary/aromatic N) is 2. The average Bonchev–Trinajstić information content (AvgIpc) is 2.84. The fraction of sp³-hybridized carbons (Fsp3) is 0.480. The van der Waals surface area contributed by atoms with E-state index in [0.29, 0.717) is 12.1 Å². The van der Waals surface area contributed by atoms with Gasteiger partial charge in [0.05, 0.1) is 49.9 Å². The topological polar surface area (TPSA) is 85.4 Å². The molecule has 0 aliphatic carbocycles. The van der Waals surface area contributed by atoms with Gasteiger partial charge in [0.25, 0.3) is 0 Å². The van der Waals surface area contributed by atoms with Gasteiger partial charge in [-0.15, -0.1) is 0 Å². The van der Waals surface area contributed by atoms with E-state index in [2.05, 4.69) is 0 Å². The highest BCUT2D eigenvalue weighted by Gasteiger charge is 2.42. The Hall–Kier alpha value is -3.20. The molecule has 1 aliphatic rings. The molecule has 0 saturated heterocycles. The first-order valence-electron chi connectivity index (χ1n) is 11.9. The van der Waals surface area contributed by atoms with Crippen molar-refractivity contribution in [2.75, 3.05) is 32.0 Å². The fourth-order valence-corrected chi connectivity index (χ4v) is 5.69. The number of halogens is 6. The molecule has 0 aromatic heterocycles. The number of hydrogen-bond acceptors (Lipinski definition) is 6. The maximum absolute atomic E-state index is 13.5. The number of carbonyl (C=O) groups is 1. The monoisotopic (exact) mass is 598 g/mol. The summed E-state index contributed by atoms with van der Waals surface area (Å²) >= 11 is 0. The van der Waals surface area contributed by atoms with Crippen molar-refractivity contribution < 1.29 is 53.8 Å². The van der Waals surface area contributed by atoms with Gasteiger partial charge in [-0.1, -0.05) is 0 Å². The van der Waals surface area contributed by atoms with Gasteiger partial charge in [-0.3, -0.25) is 4.90 Å². The minimum atomic E-state index is -5.11. The molecule has 0 radical (unpaired) electrons. The molecule has 0 bridgehead atoms. The molecule has 2 aromatic carbocycles. The van der Waals surface area contributed by atoms with Crippen molar-refractivity contribution in [2.24, 2.45) is 0 Å². The number of hydrogen-bond donors (Lipinski definition) is 0. The van der Waals surface area contributed by atoms with Crippen LogP contribution in [-0.4, -0.2) is 51.9 Å². The van der Waals surface area contributed by atoms with Gasteiger partial charge in [0.1, 0.15) is 0 Å². The van der Waals surface area contributed by atoms with Crippen LogP contribution in [0.25, 0.3) is 0 Å². The van der Waals surface area contributed by atoms with E-state index in [-0.39, 0.29) is 41.8 Å². The number of carbonyl (C=O) groups excluding carboxylic acids is 1. The van der Waals surface area contributed by atoms with Gasteiger partial charge in [-0.25, -0.2) is 13.2 Å². The Bertz CT molecular complexity index is 1330. The number of ether oxygens (including phenoxy) is 3. The van der Waals surface area contributed by atoms with Crippen LogP contribution < -0.4 is 14.4 Å². The van der Waals surface area contributed by atoms with Crippen molar-refractivity contribution in [1.29, 1.82) is 0 Å². The lowest BCUT2D eigenvalue weighted by molar-refractivity contribution is -0.143. The van der Waals surface area contributed by atoms with E-state index < -0.39 is 63.8 Å². The number of alkyl halides is 6. The second-order valence-electron chi connectivity index (χ2n) is 9.16. The van der Waals surface area contributed by atoms with E-state index in [1.807, 2.05) is 0 Å². The molecule has 2 aromatic rings. The molecule has 0 spiro atoms. The van der Waals surface area contributed by atoms with Crippen LogP contribution in [0.1, 0.15) is 48.6 Å². The third-order valence-corrected chi connectivity index (χ3v) is 7.62. The summed E-state index contributed by atoms with van der Waals surface area (Å²) < 4.78 is 124. The number of benzene rings is 2. The zero-order valence-electron chi connectivity index (χ0n) is 22.2. The molecule has 2 unspecified atom stereocenters. The third-order valence-electron chi connectivity index (χ3n) is 6.38. The van der Waals surface area contributed by atoms with Crippen LogP contribution in [0.3, 0.4) is 0 Å². The van der Waals surface area contributed by atoms with Crippen LogP contribution in [-0.2, 0) is 33.7 Å². The number of amides is 1. The summed E-state index contributed by atoms with van der Waals surface area (Å²) in [4.78, 5) is 14.1. The summed E-state index contributed by atoms with van der Waals surface area (Å²) in [6.07, 6.45) is -10.2. The highest BCUT2D eigenvalue weighted by molar-refractivity contribution is 7.88. The van der Waals surface area contributed by atoms with Crippen LogP contribution in [0.5, 0.6) is 11.5 Å². The first kappa shape index (κ1) is 31.3. The van der Waals surface area contributed by atoms with Crippen molar-refractivity contribution in [1.82, 2.24) is 4.31 Å². The first-order valence-corrected chi connectivity index (χ1v) is 13.7. The summed E-state index contributed by atoms with van der Waals surface area (Å²) in [6.45, 7) is 2.44. The molecule has 15 heteroatoms. The Labute approximate surface area is 227 Å². The summed E-state index contributed by atoms with van der Waals surface area (Å²) in [5.41, 5.74) is -3.24. The van der Waals surface area contributed by atoms with E-state index in [4.69, 9.17) is 14.2 Å². The number of anilines is 1. The molecular formula is C25H28F6N2O6S. The zero-order chi connectivity index (χ0) is 30.2. The largest absolute Gasteiger partial charge is 0.493 e. The highest BCUT2D eigenvalue weighted by Crippen LogP contribution is 2.47. The molecule has 1 heterocycles. The lowest BCUT2D eigenvalue weighted by Crippen LogP contribution is -2.47. The predicted molar refractivity (Wildman–Crippen MR) is 133 cm³/mol. The smallest absolute Gasteiger partial charge is 0.416 e. The maximum Gasteiger partial charge on any atom is 0.416 e. The van der Waals surface area contributed by atoms with Crippen molar-refractivity contribution in [3.05, 3.63) is 52.6 Å². The van der Waals surface area contributed by atoms with Gasteiger partial charge >= 0.3 is 18.4 Å². The lowest BCUT2D eigenvalue weighted by Gasteiger charge is -2.42. The summed E-state index contributed by atoms with van der Waals surface area (Å²) in [6, 6.07) is 2.00. The Morgan fingerprint density at radius 3 is 1.95 bits per heavy atom. The van der Waals surface area contributed by atoms with Crippen molar-refractivity contribution in [3.63, 3.8) is 0 Å². The van der Waals surface area contributed by atoms with Crippen molar-refractivity contribution in [2.45, 2.75) is 51.2 Å². The predicted octanol–water partition coefficient (Wildman–Crippen LogP) is 6.00. The molecule has 2 atom stereocenters. The van der Waals surface area contributed by atoms with Gasteiger partial charge in [0, 0.05) is 18.7 Å². The molecule has 8 nitrogen and oxygen atoms in total. The van der Waals surface area contributed by atoms with Gasteiger partial charge in [0.15, 0.2) is 11.5 Å². The maximum atomic E-state index is 13.5. The van der Waals surface area contributed by atoms with Crippen molar-refractivity contribution >= 4 is 21.8 Å². The van der Waals surface area contributed by atoms with Crippen LogP contribution in [0.4, 0.5) is 36.8 Å². The molecule has 0 saturated carbocycles. The molecular weight excluding hydrogens is 570 g/mol. The standard InChI is InChI=1S/C25H28F6N2O6S/c1-6-39-23(34)33-14(2)7-19(18-11-21(37-3)22(38-4)12-20(18)33)32(40(5,35)36)13-15-8-16(24(26,27)28)10-17(9-15)25(29,30)31/h8-12,14,19H,6-7,13H2,1-5H3. The van der Waals surface area contributed by atoms with Gasteiger partial charge < -0.3 is 14.2 Å². The highest BCUT2D eigenvalue weighted by atomic mass is 32.2. The Kier molecular flexibility index (Phi) is 8.89. The first-order chi connectivity index (χ1) is 18.4. The van der Waals surface area contributed by atoms with Crippen LogP contribution in [0, 0.1) is 0 Å². The molecule has 222 valence electrons. The van der Waals surface area contributed by atoms with Gasteiger partial charge in [-0.2, -0.15) is 30.6 Å². The summed E-state index contributed by atoms with van der Waals surface area (Å²) in [7, 11) is -1.58. The van der Waals surface area contributed by atoms with Gasteiger partial charge in [-0.05, 0) is 55.7 Å². The lowest BCUT2D eigenvalue weighted by atomic mass is 9.91. The van der Waals surface area contributed by atoms with Crippen LogP contribution >= 0.6 is 0 Å². The molecule has 0 N–H and O–H groups in total. The number of fused-ring (bicyclic) bond motifs is 1. The minimum Gasteiger partial charge on any atom is -0.493 e. The molecule has 40 heavy (non-hydrogen) atoms. The van der Waals surface area contributed by atoms with Crippen molar-refractivity contribution in [3.8, 4) is 11.5 Å². The van der Waals surface area contributed by atoms with Crippen LogP contribution in [0.15, 0.2) is 30.3 Å². The molecule has 1 amide bonds. The fourth-order valence-electron chi connectivity index (χ4n) is 4.65. The van der Waals surface area contributed by atoms with E-state index in [0.717, 1.165) is 10.6 Å². The van der Waals surface area contributed by atoms with Crippen LogP contribution in [0.2, 0.25) is 0 Å². The summed E-state index contributed by atoms with van der Waals surface area (Å²) in [5.74, 6) is 0.360. The molecule has 1 aliphatic heterocycles. The quantitative estimate of drug-likeness (QED) is 0.364. The number of sulfonamides is 1. The SMILES string of the molecule is CCOC(=O)N1c2cc(OC)c(OC)cc2C(N(Cc2cc(C(F)(F)F)cc(C(F)(F)F)c2)S(C)(=O)=O)CC1C. The minimum absolute atomic E-state index is 0.0272. The Morgan fingerprint density at radius 1 is 0.975 bits per heavy atom. The Morgan fingerprint density at radius 2 is 1.50 bits per heavy atom. The molecule has 3 rings (SSSR count). The normalized spacial score (nSPS) is 17.9. The van der Waals surface area contributed by atoms with Gasteiger partial charge in [0.2, 0.25) is 10.0 Å². The molecule has 0 fully saturated rings. The number of methoxy groups -OCH3 is 2.